The zero-order chi connectivity index (χ0) is 14.8. The van der Waals surface area contributed by atoms with E-state index >= 15 is 0 Å². The van der Waals surface area contributed by atoms with Crippen molar-refractivity contribution in [1.29, 1.82) is 0 Å². The molecule has 1 nitrogen and oxygen atoms in total. The molecule has 2 aromatic carbocycles. The summed E-state index contributed by atoms with van der Waals surface area (Å²) in [5.41, 5.74) is 5.03. The molecule has 0 saturated heterocycles. The fourth-order valence-corrected chi connectivity index (χ4v) is 2.47. The van der Waals surface area contributed by atoms with Crippen LogP contribution < -0.4 is 5.32 Å². The molecule has 0 fully saturated rings. The predicted octanol–water partition coefficient (Wildman–Crippen LogP) is 5.02. The van der Waals surface area contributed by atoms with Crippen LogP contribution in [0.1, 0.15) is 31.9 Å². The van der Waals surface area contributed by atoms with Crippen molar-refractivity contribution in [2.45, 2.75) is 32.7 Å². The number of benzene rings is 2. The highest BCUT2D eigenvalue weighted by Gasteiger charge is 2.13. The summed E-state index contributed by atoms with van der Waals surface area (Å²) in [6.07, 6.45) is 0. The van der Waals surface area contributed by atoms with E-state index in [1.165, 1.54) is 11.1 Å². The van der Waals surface area contributed by atoms with Crippen LogP contribution in [0.4, 0.5) is 0 Å². The zero-order valence-corrected chi connectivity index (χ0v) is 13.4. The maximum atomic E-state index is 6.32. The number of hydrogen-bond donors (Lipinski definition) is 1. The van der Waals surface area contributed by atoms with E-state index in [0.717, 1.165) is 22.7 Å². The van der Waals surface area contributed by atoms with Gasteiger partial charge < -0.3 is 5.32 Å². The molecule has 0 aromatic heterocycles. The maximum absolute atomic E-state index is 6.32. The highest BCUT2D eigenvalue weighted by molar-refractivity contribution is 6.31. The lowest BCUT2D eigenvalue weighted by Gasteiger charge is -2.19. The van der Waals surface area contributed by atoms with Crippen molar-refractivity contribution < 1.29 is 0 Å². The Labute approximate surface area is 127 Å². The third-order valence-electron chi connectivity index (χ3n) is 3.50. The number of hydrogen-bond acceptors (Lipinski definition) is 1. The van der Waals surface area contributed by atoms with Crippen molar-refractivity contribution in [3.05, 3.63) is 58.6 Å². The lowest BCUT2D eigenvalue weighted by Crippen LogP contribution is -2.10. The van der Waals surface area contributed by atoms with Gasteiger partial charge in [0.1, 0.15) is 0 Å². The Bertz CT molecular complexity index is 579. The molecule has 0 aliphatic rings. The predicted molar refractivity (Wildman–Crippen MR) is 88.4 cm³/mol. The molecule has 0 aliphatic carbocycles. The van der Waals surface area contributed by atoms with Gasteiger partial charge >= 0.3 is 0 Å². The molecule has 0 unspecified atom stereocenters. The first kappa shape index (κ1) is 15.1. The SMILES string of the molecule is CNCc1ccc(-c2ccc(C(C)(C)C)cc2)cc1Cl. The first-order valence-electron chi connectivity index (χ1n) is 6.96. The summed E-state index contributed by atoms with van der Waals surface area (Å²) in [5, 5.41) is 3.94. The topological polar surface area (TPSA) is 12.0 Å². The van der Waals surface area contributed by atoms with Crippen molar-refractivity contribution >= 4 is 11.6 Å². The van der Waals surface area contributed by atoms with E-state index in [2.05, 4.69) is 62.5 Å². The highest BCUT2D eigenvalue weighted by Crippen LogP contribution is 2.28. The molecule has 0 amide bonds. The van der Waals surface area contributed by atoms with E-state index in [1.54, 1.807) is 0 Å². The van der Waals surface area contributed by atoms with Gasteiger partial charge in [-0.3, -0.25) is 0 Å². The standard InChI is InChI=1S/C18H22ClN/c1-18(2,3)16-9-7-13(8-10-16)14-5-6-15(12-20-4)17(19)11-14/h5-11,20H,12H2,1-4H3. The third-order valence-corrected chi connectivity index (χ3v) is 3.86. The minimum absolute atomic E-state index is 0.187. The normalized spacial score (nSPS) is 11.7. The minimum Gasteiger partial charge on any atom is -0.316 e. The van der Waals surface area contributed by atoms with Crippen LogP contribution in [0.3, 0.4) is 0 Å². The summed E-state index contributed by atoms with van der Waals surface area (Å²) in [4.78, 5) is 0. The van der Waals surface area contributed by atoms with E-state index < -0.39 is 0 Å². The summed E-state index contributed by atoms with van der Waals surface area (Å²) < 4.78 is 0. The van der Waals surface area contributed by atoms with Crippen LogP contribution in [0, 0.1) is 0 Å². The van der Waals surface area contributed by atoms with E-state index in [0.29, 0.717) is 0 Å². The molecule has 0 heterocycles. The minimum atomic E-state index is 0.187. The molecule has 2 heteroatoms. The van der Waals surface area contributed by atoms with Gasteiger partial charge in [-0.25, -0.2) is 0 Å². The number of rotatable bonds is 3. The first-order chi connectivity index (χ1) is 9.41. The lowest BCUT2D eigenvalue weighted by molar-refractivity contribution is 0.590. The summed E-state index contributed by atoms with van der Waals surface area (Å²) >= 11 is 6.32. The van der Waals surface area contributed by atoms with Crippen molar-refractivity contribution in [2.75, 3.05) is 7.05 Å². The van der Waals surface area contributed by atoms with Gasteiger partial charge in [-0.15, -0.1) is 0 Å². The molecule has 0 spiro atoms. The van der Waals surface area contributed by atoms with Crippen LogP contribution in [0.2, 0.25) is 5.02 Å². The Kier molecular flexibility index (Phi) is 4.52. The van der Waals surface area contributed by atoms with E-state index in [1.807, 2.05) is 13.1 Å². The molecular formula is C18H22ClN. The van der Waals surface area contributed by atoms with Gasteiger partial charge in [0.15, 0.2) is 0 Å². The average molecular weight is 288 g/mol. The first-order valence-corrected chi connectivity index (χ1v) is 7.33. The summed E-state index contributed by atoms with van der Waals surface area (Å²) in [7, 11) is 1.93. The monoisotopic (exact) mass is 287 g/mol. The summed E-state index contributed by atoms with van der Waals surface area (Å²) in [6, 6.07) is 15.0. The summed E-state index contributed by atoms with van der Waals surface area (Å²) in [5.74, 6) is 0. The Morgan fingerprint density at radius 3 is 2.05 bits per heavy atom. The number of nitrogens with one attached hydrogen (secondary N) is 1. The second kappa shape index (κ2) is 5.99. The zero-order valence-electron chi connectivity index (χ0n) is 12.6. The van der Waals surface area contributed by atoms with E-state index in [4.69, 9.17) is 11.6 Å². The molecule has 0 radical (unpaired) electrons. The van der Waals surface area contributed by atoms with E-state index in [9.17, 15) is 0 Å². The van der Waals surface area contributed by atoms with Crippen molar-refractivity contribution in [2.24, 2.45) is 0 Å². The lowest BCUT2D eigenvalue weighted by atomic mass is 9.86. The molecule has 106 valence electrons. The van der Waals surface area contributed by atoms with Gasteiger partial charge in [-0.2, -0.15) is 0 Å². The largest absolute Gasteiger partial charge is 0.316 e. The van der Waals surface area contributed by atoms with Crippen LogP contribution in [-0.4, -0.2) is 7.05 Å². The van der Waals surface area contributed by atoms with Crippen molar-refractivity contribution in [1.82, 2.24) is 5.32 Å². The molecule has 2 aromatic rings. The molecular weight excluding hydrogens is 266 g/mol. The van der Waals surface area contributed by atoms with Crippen molar-refractivity contribution in [3.63, 3.8) is 0 Å². The molecule has 0 saturated carbocycles. The molecule has 0 aliphatic heterocycles. The van der Waals surface area contributed by atoms with Gasteiger partial charge in [0, 0.05) is 11.6 Å². The van der Waals surface area contributed by atoms with Crippen molar-refractivity contribution in [3.8, 4) is 11.1 Å². The van der Waals surface area contributed by atoms with Gasteiger partial charge in [-0.05, 0) is 40.8 Å². The van der Waals surface area contributed by atoms with Crippen LogP contribution in [-0.2, 0) is 12.0 Å². The Balaban J connectivity index is 2.30. The Morgan fingerprint density at radius 1 is 0.950 bits per heavy atom. The Hall–Kier alpha value is -1.31. The highest BCUT2D eigenvalue weighted by atomic mass is 35.5. The fraction of sp³-hybridized carbons (Fsp3) is 0.333. The maximum Gasteiger partial charge on any atom is 0.0457 e. The van der Waals surface area contributed by atoms with Gasteiger partial charge in [0.05, 0.1) is 0 Å². The van der Waals surface area contributed by atoms with Crippen LogP contribution in [0.25, 0.3) is 11.1 Å². The molecule has 0 bridgehead atoms. The molecule has 1 N–H and O–H groups in total. The number of halogens is 1. The second-order valence-electron chi connectivity index (χ2n) is 6.16. The van der Waals surface area contributed by atoms with Crippen LogP contribution in [0.15, 0.2) is 42.5 Å². The summed E-state index contributed by atoms with van der Waals surface area (Å²) in [6.45, 7) is 7.48. The molecule has 20 heavy (non-hydrogen) atoms. The van der Waals surface area contributed by atoms with Gasteiger partial charge in [-0.1, -0.05) is 68.8 Å². The van der Waals surface area contributed by atoms with Crippen LogP contribution >= 0.6 is 11.6 Å². The molecule has 0 atom stereocenters. The smallest absolute Gasteiger partial charge is 0.0457 e. The molecule has 2 rings (SSSR count). The average Bonchev–Trinajstić information content (AvgIpc) is 2.40. The van der Waals surface area contributed by atoms with Gasteiger partial charge in [0.2, 0.25) is 0 Å². The third kappa shape index (κ3) is 3.41. The van der Waals surface area contributed by atoms with Gasteiger partial charge in [0.25, 0.3) is 0 Å². The quantitative estimate of drug-likeness (QED) is 0.835. The van der Waals surface area contributed by atoms with Crippen LogP contribution in [0.5, 0.6) is 0 Å². The second-order valence-corrected chi connectivity index (χ2v) is 6.57. The Morgan fingerprint density at radius 2 is 1.55 bits per heavy atom. The fourth-order valence-electron chi connectivity index (χ4n) is 2.22. The van der Waals surface area contributed by atoms with E-state index in [-0.39, 0.29) is 5.41 Å².